The van der Waals surface area contributed by atoms with Crippen molar-refractivity contribution in [1.82, 2.24) is 10.4 Å². The lowest BCUT2D eigenvalue weighted by atomic mass is 10.6. The second-order valence-corrected chi connectivity index (χ2v) is 4.68. The smallest absolute Gasteiger partial charge is 0.429 e. The fourth-order valence-corrected chi connectivity index (χ4v) is 1.35. The van der Waals surface area contributed by atoms with Gasteiger partial charge in [-0.3, -0.25) is 0 Å². The van der Waals surface area contributed by atoms with Crippen molar-refractivity contribution in [2.24, 2.45) is 0 Å². The summed E-state index contributed by atoms with van der Waals surface area (Å²) in [5.74, 6) is 0. The van der Waals surface area contributed by atoms with Crippen LogP contribution < -0.4 is 5.43 Å². The van der Waals surface area contributed by atoms with Crippen LogP contribution >= 0.6 is 45.2 Å². The minimum absolute atomic E-state index is 0.237. The Morgan fingerprint density at radius 2 is 1.88 bits per heavy atom. The minimum Gasteiger partial charge on any atom is -0.449 e. The van der Waals surface area contributed by atoms with E-state index >= 15 is 0 Å². The predicted octanol–water partition coefficient (Wildman–Crippen LogP) is 2.82. The van der Waals surface area contributed by atoms with E-state index in [9.17, 15) is 9.59 Å². The highest BCUT2D eigenvalue weighted by Crippen LogP contribution is 2.10. The molecule has 6 nitrogen and oxygen atoms in total. The highest BCUT2D eigenvalue weighted by atomic mass is 127. The van der Waals surface area contributed by atoms with Crippen LogP contribution in [0.2, 0.25) is 0 Å². The van der Waals surface area contributed by atoms with Gasteiger partial charge in [-0.1, -0.05) is 22.6 Å². The van der Waals surface area contributed by atoms with Gasteiger partial charge in [0.1, 0.15) is 0 Å². The summed E-state index contributed by atoms with van der Waals surface area (Å²) in [5.41, 5.74) is 2.32. The Hall–Kier alpha value is -0.260. The maximum atomic E-state index is 11.5. The molecule has 0 unspecified atom stereocenters. The van der Waals surface area contributed by atoms with Gasteiger partial charge in [-0.2, -0.15) is 0 Å². The van der Waals surface area contributed by atoms with Gasteiger partial charge in [-0.25, -0.2) is 20.0 Å². The first-order valence-corrected chi connectivity index (χ1v) is 7.20. The zero-order chi connectivity index (χ0) is 13.3. The molecule has 0 spiro atoms. The molecule has 0 saturated carbocycles. The van der Waals surface area contributed by atoms with Gasteiger partial charge >= 0.3 is 12.2 Å². The highest BCUT2D eigenvalue weighted by Gasteiger charge is 2.18. The maximum Gasteiger partial charge on any atom is 0.429 e. The normalized spacial score (nSPS) is 10.7. The standard InChI is InChI=1S/C9H14I2N2O4/c1-3-16-8(14)12-13(6-7(11)5-10)9(15)17-4-2/h5H,3-4,6H2,1-2H3,(H,12,14)/b7-5+. The van der Waals surface area contributed by atoms with Crippen molar-refractivity contribution in [2.45, 2.75) is 13.8 Å². The number of carbonyl (C=O) groups is 2. The largest absolute Gasteiger partial charge is 0.449 e. The SMILES string of the molecule is CCOC(=O)NN(C/C(I)=C\I)C(=O)OCC. The molecule has 0 aromatic rings. The van der Waals surface area contributed by atoms with Gasteiger partial charge in [-0.15, -0.1) is 0 Å². The van der Waals surface area contributed by atoms with Crippen LogP contribution in [-0.2, 0) is 9.47 Å². The number of hydrogen-bond donors (Lipinski definition) is 1. The molecule has 0 fully saturated rings. The Morgan fingerprint density at radius 3 is 2.35 bits per heavy atom. The molecular weight excluding hydrogens is 454 g/mol. The van der Waals surface area contributed by atoms with Crippen LogP contribution in [0.25, 0.3) is 0 Å². The molecule has 0 heterocycles. The number of nitrogens with zero attached hydrogens (tertiary/aromatic N) is 1. The van der Waals surface area contributed by atoms with Gasteiger partial charge in [0.15, 0.2) is 0 Å². The van der Waals surface area contributed by atoms with Gasteiger partial charge in [-0.05, 0) is 40.5 Å². The van der Waals surface area contributed by atoms with E-state index < -0.39 is 12.2 Å². The third-order valence-corrected chi connectivity index (χ3v) is 4.01. The first-order chi connectivity index (χ1) is 8.04. The molecule has 0 aliphatic carbocycles. The first kappa shape index (κ1) is 16.7. The van der Waals surface area contributed by atoms with Gasteiger partial charge in [0.25, 0.3) is 0 Å². The quantitative estimate of drug-likeness (QED) is 0.510. The molecule has 98 valence electrons. The molecule has 0 rings (SSSR count). The molecule has 0 aliphatic rings. The highest BCUT2D eigenvalue weighted by molar-refractivity contribution is 14.1. The maximum absolute atomic E-state index is 11.5. The molecule has 17 heavy (non-hydrogen) atoms. The fourth-order valence-electron chi connectivity index (χ4n) is 0.810. The van der Waals surface area contributed by atoms with E-state index in [-0.39, 0.29) is 19.8 Å². The predicted molar refractivity (Wildman–Crippen MR) is 80.0 cm³/mol. The lowest BCUT2D eigenvalue weighted by molar-refractivity contribution is 0.0790. The van der Waals surface area contributed by atoms with Crippen molar-refractivity contribution >= 4 is 57.4 Å². The molecule has 2 amide bonds. The summed E-state index contributed by atoms with van der Waals surface area (Å²) in [5, 5.41) is 1.07. The fraction of sp³-hybridized carbons (Fsp3) is 0.556. The van der Waals surface area contributed by atoms with Crippen molar-refractivity contribution in [3.8, 4) is 0 Å². The second kappa shape index (κ2) is 9.74. The Labute approximate surface area is 127 Å². The Morgan fingerprint density at radius 1 is 1.29 bits per heavy atom. The number of nitrogens with one attached hydrogen (secondary N) is 1. The average molecular weight is 468 g/mol. The zero-order valence-corrected chi connectivity index (χ0v) is 13.8. The lowest BCUT2D eigenvalue weighted by Crippen LogP contribution is -2.47. The Kier molecular flexibility index (Phi) is 9.59. The first-order valence-electron chi connectivity index (χ1n) is 4.87. The van der Waals surface area contributed by atoms with E-state index in [1.165, 1.54) is 0 Å². The Bertz CT molecular complexity index is 297. The summed E-state index contributed by atoms with van der Waals surface area (Å²) >= 11 is 4.11. The molecule has 8 heteroatoms. The minimum atomic E-state index is -0.682. The number of amides is 2. The molecular formula is C9H14I2N2O4. The second-order valence-electron chi connectivity index (χ2n) is 2.67. The summed E-state index contributed by atoms with van der Waals surface area (Å²) in [6, 6.07) is 0. The van der Waals surface area contributed by atoms with Crippen LogP contribution in [0.4, 0.5) is 9.59 Å². The van der Waals surface area contributed by atoms with Crippen LogP contribution in [0.15, 0.2) is 7.66 Å². The average Bonchev–Trinajstić information content (AvgIpc) is 2.28. The Balaban J connectivity index is 4.50. The van der Waals surface area contributed by atoms with Gasteiger partial charge in [0.2, 0.25) is 0 Å². The number of carbonyl (C=O) groups excluding carboxylic acids is 2. The van der Waals surface area contributed by atoms with Crippen molar-refractivity contribution in [2.75, 3.05) is 19.8 Å². The van der Waals surface area contributed by atoms with E-state index in [0.717, 1.165) is 8.59 Å². The molecule has 0 aromatic heterocycles. The van der Waals surface area contributed by atoms with Crippen LogP contribution in [0.1, 0.15) is 13.8 Å². The van der Waals surface area contributed by atoms with Crippen molar-refractivity contribution in [3.05, 3.63) is 7.66 Å². The number of rotatable bonds is 4. The van der Waals surface area contributed by atoms with E-state index in [2.05, 4.69) is 28.0 Å². The summed E-state index contributed by atoms with van der Waals surface area (Å²) < 4.78 is 12.2. The lowest BCUT2D eigenvalue weighted by Gasteiger charge is -2.21. The molecule has 0 aliphatic heterocycles. The van der Waals surface area contributed by atoms with Gasteiger partial charge in [0, 0.05) is 3.58 Å². The summed E-state index contributed by atoms with van der Waals surface area (Å²) in [6.45, 7) is 4.09. The van der Waals surface area contributed by atoms with Crippen LogP contribution in [0.3, 0.4) is 0 Å². The number of ether oxygens (including phenoxy) is 2. The van der Waals surface area contributed by atoms with Crippen molar-refractivity contribution in [1.29, 1.82) is 0 Å². The molecule has 0 bridgehead atoms. The zero-order valence-electron chi connectivity index (χ0n) is 9.53. The van der Waals surface area contributed by atoms with E-state index in [0.29, 0.717) is 0 Å². The molecule has 0 aromatic carbocycles. The number of hydrogen-bond acceptors (Lipinski definition) is 4. The molecule has 0 atom stereocenters. The van der Waals surface area contributed by atoms with Crippen molar-refractivity contribution < 1.29 is 19.1 Å². The summed E-state index contributed by atoms with van der Waals surface area (Å²) in [7, 11) is 0. The van der Waals surface area contributed by atoms with Crippen LogP contribution in [0, 0.1) is 0 Å². The monoisotopic (exact) mass is 468 g/mol. The van der Waals surface area contributed by atoms with E-state index in [4.69, 9.17) is 9.47 Å². The van der Waals surface area contributed by atoms with Crippen LogP contribution in [-0.4, -0.2) is 37.0 Å². The van der Waals surface area contributed by atoms with Gasteiger partial charge < -0.3 is 9.47 Å². The van der Waals surface area contributed by atoms with E-state index in [1.807, 2.05) is 22.6 Å². The molecule has 0 saturated heterocycles. The summed E-state index contributed by atoms with van der Waals surface area (Å²) in [6.07, 6.45) is -1.30. The third-order valence-electron chi connectivity index (χ3n) is 1.42. The number of halogens is 2. The van der Waals surface area contributed by atoms with Crippen molar-refractivity contribution in [3.63, 3.8) is 0 Å². The molecule has 1 N–H and O–H groups in total. The molecule has 0 radical (unpaired) electrons. The third kappa shape index (κ3) is 7.63. The number of hydrazine groups is 1. The van der Waals surface area contributed by atoms with Gasteiger partial charge in [0.05, 0.1) is 19.8 Å². The van der Waals surface area contributed by atoms with E-state index in [1.54, 1.807) is 17.9 Å². The van der Waals surface area contributed by atoms with Crippen LogP contribution in [0.5, 0.6) is 0 Å². The summed E-state index contributed by atoms with van der Waals surface area (Å²) in [4.78, 5) is 22.8. The topological polar surface area (TPSA) is 67.9 Å².